The van der Waals surface area contributed by atoms with Crippen molar-refractivity contribution >= 4 is 87.0 Å². The first-order valence-corrected chi connectivity index (χ1v) is 18.5. The predicted molar refractivity (Wildman–Crippen MR) is 227 cm³/mol. The van der Waals surface area contributed by atoms with Crippen LogP contribution in [0.15, 0.2) is 191 Å². The molecule has 0 aliphatic carbocycles. The van der Waals surface area contributed by atoms with E-state index in [0.29, 0.717) is 0 Å². The summed E-state index contributed by atoms with van der Waals surface area (Å²) in [6.45, 7) is 0. The maximum absolute atomic E-state index is 6.70. The van der Waals surface area contributed by atoms with E-state index in [9.17, 15) is 0 Å². The van der Waals surface area contributed by atoms with Gasteiger partial charge in [-0.3, -0.25) is 0 Å². The van der Waals surface area contributed by atoms with Crippen LogP contribution in [0.1, 0.15) is 0 Å². The highest BCUT2D eigenvalue weighted by molar-refractivity contribution is 6.24. The highest BCUT2D eigenvalue weighted by Crippen LogP contribution is 2.46. The second kappa shape index (κ2) is 11.2. The van der Waals surface area contributed by atoms with Crippen LogP contribution in [0.4, 0.5) is 0 Å². The molecule has 0 N–H and O–H groups in total. The molecule has 10 aromatic carbocycles. The molecule has 2 heterocycles. The Morgan fingerprint density at radius 1 is 0.241 bits per heavy atom. The third-order valence-electron chi connectivity index (χ3n) is 11.4. The van der Waals surface area contributed by atoms with Crippen molar-refractivity contribution in [2.24, 2.45) is 0 Å². The molecule has 0 aliphatic heterocycles. The number of rotatable bonds is 3. The van der Waals surface area contributed by atoms with Crippen molar-refractivity contribution in [3.63, 3.8) is 0 Å². The molecule has 0 spiro atoms. The maximum atomic E-state index is 6.70. The van der Waals surface area contributed by atoms with Gasteiger partial charge in [0.05, 0.1) is 0 Å². The fourth-order valence-electron chi connectivity index (χ4n) is 8.93. The van der Waals surface area contributed by atoms with E-state index in [2.05, 4.69) is 182 Å². The number of fused-ring (bicyclic) bond motifs is 10. The van der Waals surface area contributed by atoms with Crippen molar-refractivity contribution in [2.45, 2.75) is 0 Å². The van der Waals surface area contributed by atoms with Gasteiger partial charge in [0.25, 0.3) is 0 Å². The summed E-state index contributed by atoms with van der Waals surface area (Å²) >= 11 is 0. The van der Waals surface area contributed by atoms with Gasteiger partial charge in [0.2, 0.25) is 0 Å². The summed E-state index contributed by atoms with van der Waals surface area (Å²) in [6.07, 6.45) is 0. The zero-order chi connectivity index (χ0) is 35.3. The van der Waals surface area contributed by atoms with Crippen LogP contribution in [0, 0.1) is 0 Å². The summed E-state index contributed by atoms with van der Waals surface area (Å²) < 4.78 is 13.1. The van der Waals surface area contributed by atoms with Crippen molar-refractivity contribution in [1.29, 1.82) is 0 Å². The van der Waals surface area contributed by atoms with Crippen molar-refractivity contribution in [3.8, 4) is 33.4 Å². The highest BCUT2D eigenvalue weighted by Gasteiger charge is 2.19. The van der Waals surface area contributed by atoms with Gasteiger partial charge in [-0.2, -0.15) is 0 Å². The Bertz CT molecular complexity index is 3440. The second-order valence-corrected chi connectivity index (χ2v) is 14.4. The number of hydrogen-bond acceptors (Lipinski definition) is 2. The molecule has 0 bridgehead atoms. The zero-order valence-corrected chi connectivity index (χ0v) is 29.1. The first-order valence-electron chi connectivity index (χ1n) is 18.5. The maximum Gasteiger partial charge on any atom is 0.136 e. The van der Waals surface area contributed by atoms with Gasteiger partial charge >= 0.3 is 0 Å². The molecule has 250 valence electrons. The molecule has 0 unspecified atom stereocenters. The van der Waals surface area contributed by atoms with Gasteiger partial charge in [0.15, 0.2) is 0 Å². The number of benzene rings is 10. The lowest BCUT2D eigenvalue weighted by molar-refractivity contribution is 0.668. The molecule has 2 nitrogen and oxygen atoms in total. The molecule has 0 fully saturated rings. The van der Waals surface area contributed by atoms with Gasteiger partial charge in [-0.05, 0) is 125 Å². The summed E-state index contributed by atoms with van der Waals surface area (Å²) in [6, 6.07) is 65.6. The van der Waals surface area contributed by atoms with Crippen LogP contribution < -0.4 is 0 Å². The Hall–Kier alpha value is -7.16. The normalized spacial score (nSPS) is 12.1. The molecular weight excluding hydrogens is 657 g/mol. The van der Waals surface area contributed by atoms with E-state index < -0.39 is 0 Å². The van der Waals surface area contributed by atoms with E-state index in [1.54, 1.807) is 0 Å². The standard InChI is InChI=1S/C52H30O2/c1-2-12-33-27-50-46(26-32(33)11-1)40-24-21-35(29-48(40)54-50)34-20-23-38-39-25-22-36(30-49(39)53-47(38)28-34)51-42-15-5-7-17-44(42)52(45-18-8-6-16-43(45)51)41-19-9-13-31-10-3-4-14-37(31)41/h1-30H. The zero-order valence-electron chi connectivity index (χ0n) is 29.1. The van der Waals surface area contributed by atoms with Crippen LogP contribution in [0.2, 0.25) is 0 Å². The molecule has 0 saturated heterocycles. The predicted octanol–water partition coefficient (Wildman–Crippen LogP) is 15.1. The van der Waals surface area contributed by atoms with Crippen molar-refractivity contribution in [1.82, 2.24) is 0 Å². The lowest BCUT2D eigenvalue weighted by atomic mass is 9.84. The minimum absolute atomic E-state index is 0.872. The summed E-state index contributed by atoms with van der Waals surface area (Å²) in [5.74, 6) is 0. The average molecular weight is 687 g/mol. The van der Waals surface area contributed by atoms with Crippen LogP contribution in [0.5, 0.6) is 0 Å². The Morgan fingerprint density at radius 2 is 0.667 bits per heavy atom. The van der Waals surface area contributed by atoms with E-state index in [1.165, 1.54) is 59.8 Å². The van der Waals surface area contributed by atoms with Gasteiger partial charge in [0.1, 0.15) is 22.3 Å². The molecule has 2 heteroatoms. The van der Waals surface area contributed by atoms with Crippen LogP contribution >= 0.6 is 0 Å². The van der Waals surface area contributed by atoms with Crippen LogP contribution in [0.25, 0.3) is 120 Å². The average Bonchev–Trinajstić information content (AvgIpc) is 3.78. The van der Waals surface area contributed by atoms with E-state index in [-0.39, 0.29) is 0 Å². The quantitative estimate of drug-likeness (QED) is 0.173. The first kappa shape index (κ1) is 29.4. The third kappa shape index (κ3) is 4.28. The van der Waals surface area contributed by atoms with Gasteiger partial charge in [0, 0.05) is 21.5 Å². The Labute approximate surface area is 310 Å². The van der Waals surface area contributed by atoms with E-state index in [0.717, 1.165) is 60.6 Å². The fourth-order valence-corrected chi connectivity index (χ4v) is 8.93. The van der Waals surface area contributed by atoms with Crippen molar-refractivity contribution in [2.75, 3.05) is 0 Å². The van der Waals surface area contributed by atoms with Gasteiger partial charge in [-0.15, -0.1) is 0 Å². The Balaban J connectivity index is 1.01. The van der Waals surface area contributed by atoms with E-state index >= 15 is 0 Å². The molecule has 12 aromatic rings. The SMILES string of the molecule is c1ccc2cc3c(cc2c1)oc1cc(-c2ccc4c(c2)oc2cc(-c5c6ccccc6c(-c6cccc7ccccc67)c6ccccc56)ccc24)ccc13. The Kier molecular flexibility index (Phi) is 6.09. The van der Waals surface area contributed by atoms with E-state index in [1.807, 2.05) is 0 Å². The molecule has 0 radical (unpaired) electrons. The first-order chi connectivity index (χ1) is 26.7. The number of hydrogen-bond donors (Lipinski definition) is 0. The summed E-state index contributed by atoms with van der Waals surface area (Å²) in [4.78, 5) is 0. The third-order valence-corrected chi connectivity index (χ3v) is 11.4. The van der Waals surface area contributed by atoms with Gasteiger partial charge in [-0.1, -0.05) is 133 Å². The van der Waals surface area contributed by atoms with Crippen LogP contribution in [0.3, 0.4) is 0 Å². The monoisotopic (exact) mass is 686 g/mol. The van der Waals surface area contributed by atoms with Crippen LogP contribution in [-0.2, 0) is 0 Å². The molecule has 0 aliphatic rings. The lowest BCUT2D eigenvalue weighted by Gasteiger charge is -2.18. The van der Waals surface area contributed by atoms with E-state index in [4.69, 9.17) is 8.83 Å². The highest BCUT2D eigenvalue weighted by atomic mass is 16.3. The van der Waals surface area contributed by atoms with Gasteiger partial charge < -0.3 is 8.83 Å². The Morgan fingerprint density at radius 3 is 1.28 bits per heavy atom. The molecule has 12 rings (SSSR count). The minimum Gasteiger partial charge on any atom is -0.456 e. The van der Waals surface area contributed by atoms with Crippen molar-refractivity contribution in [3.05, 3.63) is 182 Å². The molecule has 0 amide bonds. The molecule has 0 saturated carbocycles. The van der Waals surface area contributed by atoms with Crippen molar-refractivity contribution < 1.29 is 8.83 Å². The molecule has 0 atom stereocenters. The summed E-state index contributed by atoms with van der Waals surface area (Å²) in [5.41, 5.74) is 10.6. The molecular formula is C52H30O2. The van der Waals surface area contributed by atoms with Crippen LogP contribution in [-0.4, -0.2) is 0 Å². The molecule has 54 heavy (non-hydrogen) atoms. The summed E-state index contributed by atoms with van der Waals surface area (Å²) in [5, 5.41) is 14.3. The smallest absolute Gasteiger partial charge is 0.136 e. The topological polar surface area (TPSA) is 26.3 Å². The minimum atomic E-state index is 0.872. The largest absolute Gasteiger partial charge is 0.456 e. The summed E-state index contributed by atoms with van der Waals surface area (Å²) in [7, 11) is 0. The fraction of sp³-hybridized carbons (Fsp3) is 0. The van der Waals surface area contributed by atoms with Gasteiger partial charge in [-0.25, -0.2) is 0 Å². The second-order valence-electron chi connectivity index (χ2n) is 14.4. The molecule has 2 aromatic heterocycles. The number of furan rings is 2. The lowest BCUT2D eigenvalue weighted by Crippen LogP contribution is -1.91.